The largest absolute Gasteiger partial charge is 0.469 e. The van der Waals surface area contributed by atoms with Gasteiger partial charge in [0.15, 0.2) is 0 Å². The topological polar surface area (TPSA) is 51.5 Å². The zero-order valence-corrected chi connectivity index (χ0v) is 13.9. The van der Waals surface area contributed by atoms with Gasteiger partial charge in [-0.05, 0) is 12.1 Å². The monoisotopic (exact) mass is 326 g/mol. The highest BCUT2D eigenvalue weighted by molar-refractivity contribution is 8.15. The summed E-state index contributed by atoms with van der Waals surface area (Å²) in [6.45, 7) is 2.08. The molecule has 1 aromatic heterocycles. The lowest BCUT2D eigenvalue weighted by Gasteiger charge is -2.09. The van der Waals surface area contributed by atoms with Crippen molar-refractivity contribution in [2.75, 3.05) is 7.11 Å². The smallest absolute Gasteiger partial charge is 0.307 e. The molecule has 4 nitrogen and oxygen atoms in total. The third-order valence-electron chi connectivity index (χ3n) is 3.81. The average Bonchev–Trinajstić information content (AvgIpc) is 2.96. The Hall–Kier alpha value is -2.14. The number of ether oxygens (including phenoxy) is 1. The maximum absolute atomic E-state index is 11.4. The van der Waals surface area contributed by atoms with E-state index < -0.39 is 0 Å². The van der Waals surface area contributed by atoms with Gasteiger partial charge in [0.25, 0.3) is 0 Å². The number of pyridine rings is 1. The van der Waals surface area contributed by atoms with Crippen LogP contribution in [0.25, 0.3) is 11.3 Å². The van der Waals surface area contributed by atoms with Crippen molar-refractivity contribution in [1.29, 1.82) is 0 Å². The molecule has 0 fully saturated rings. The van der Waals surface area contributed by atoms with E-state index in [-0.39, 0.29) is 17.3 Å². The lowest BCUT2D eigenvalue weighted by atomic mass is 10.1. The molecule has 118 valence electrons. The molecule has 0 radical (unpaired) electrons. The zero-order chi connectivity index (χ0) is 16.2. The van der Waals surface area contributed by atoms with Gasteiger partial charge in [0.05, 0.1) is 30.3 Å². The zero-order valence-electron chi connectivity index (χ0n) is 13.1. The van der Waals surface area contributed by atoms with E-state index in [1.54, 1.807) is 11.8 Å². The summed E-state index contributed by atoms with van der Waals surface area (Å²) in [5.74, 6) is -0.218. The first-order valence-electron chi connectivity index (χ1n) is 7.50. The van der Waals surface area contributed by atoms with Crippen molar-refractivity contribution in [2.45, 2.75) is 24.6 Å². The van der Waals surface area contributed by atoms with E-state index in [0.29, 0.717) is 6.42 Å². The number of hydrogen-bond donors (Lipinski definition) is 0. The van der Waals surface area contributed by atoms with E-state index in [4.69, 9.17) is 4.74 Å². The van der Waals surface area contributed by atoms with Gasteiger partial charge in [0, 0.05) is 22.6 Å². The molecule has 3 rings (SSSR count). The standard InChI is InChI=1S/C18H18N2O2S/c1-12-16(10-17(21)22-2)20-18(23-12)14-8-9-15(19-11-14)13-6-4-3-5-7-13/h3-9,11-12,16H,10H2,1-2H3. The number of thioether (sulfide) groups is 1. The van der Waals surface area contributed by atoms with Gasteiger partial charge < -0.3 is 4.74 Å². The van der Waals surface area contributed by atoms with E-state index in [9.17, 15) is 4.79 Å². The Bertz CT molecular complexity index is 714. The van der Waals surface area contributed by atoms with Crippen LogP contribution in [0.2, 0.25) is 0 Å². The van der Waals surface area contributed by atoms with E-state index in [2.05, 4.69) is 16.9 Å². The van der Waals surface area contributed by atoms with Gasteiger partial charge in [0.2, 0.25) is 0 Å². The first-order valence-corrected chi connectivity index (χ1v) is 8.38. The molecule has 2 aromatic rings. The van der Waals surface area contributed by atoms with Crippen LogP contribution in [0.1, 0.15) is 18.9 Å². The number of nitrogens with zero attached hydrogens (tertiary/aromatic N) is 2. The van der Waals surface area contributed by atoms with Gasteiger partial charge in [-0.1, -0.05) is 37.3 Å². The highest BCUT2D eigenvalue weighted by Crippen LogP contribution is 2.32. The average molecular weight is 326 g/mol. The summed E-state index contributed by atoms with van der Waals surface area (Å²) in [5, 5.41) is 1.21. The van der Waals surface area contributed by atoms with Crippen LogP contribution in [0.4, 0.5) is 0 Å². The van der Waals surface area contributed by atoms with Gasteiger partial charge in [-0.25, -0.2) is 0 Å². The Morgan fingerprint density at radius 2 is 1.96 bits per heavy atom. The van der Waals surface area contributed by atoms with Crippen LogP contribution in [0, 0.1) is 0 Å². The van der Waals surface area contributed by atoms with Crippen LogP contribution in [0.3, 0.4) is 0 Å². The molecule has 2 atom stereocenters. The summed E-state index contributed by atoms with van der Waals surface area (Å²) in [7, 11) is 1.41. The molecule has 1 aliphatic rings. The lowest BCUT2D eigenvalue weighted by Crippen LogP contribution is -2.19. The van der Waals surface area contributed by atoms with Crippen molar-refractivity contribution in [1.82, 2.24) is 4.98 Å². The van der Waals surface area contributed by atoms with Crippen molar-refractivity contribution < 1.29 is 9.53 Å². The van der Waals surface area contributed by atoms with Gasteiger partial charge in [-0.3, -0.25) is 14.8 Å². The second-order valence-corrected chi connectivity index (χ2v) is 6.77. The normalized spacial score (nSPS) is 20.2. The predicted octanol–water partition coefficient (Wildman–Crippen LogP) is 3.56. The summed E-state index contributed by atoms with van der Waals surface area (Å²) in [5.41, 5.74) is 3.03. The fourth-order valence-electron chi connectivity index (χ4n) is 2.45. The molecular weight excluding hydrogens is 308 g/mol. The van der Waals surface area contributed by atoms with E-state index in [1.807, 2.05) is 48.7 Å². The van der Waals surface area contributed by atoms with E-state index >= 15 is 0 Å². The lowest BCUT2D eigenvalue weighted by molar-refractivity contribution is -0.140. The quantitative estimate of drug-likeness (QED) is 0.806. The molecule has 0 amide bonds. The molecule has 0 spiro atoms. The van der Waals surface area contributed by atoms with Crippen molar-refractivity contribution in [3.05, 3.63) is 54.2 Å². The number of carbonyl (C=O) groups is 1. The Kier molecular flexibility index (Phi) is 4.76. The summed E-state index contributed by atoms with van der Waals surface area (Å²) >= 11 is 1.68. The van der Waals surface area contributed by atoms with Crippen molar-refractivity contribution in [2.24, 2.45) is 4.99 Å². The van der Waals surface area contributed by atoms with Gasteiger partial charge >= 0.3 is 5.97 Å². The van der Waals surface area contributed by atoms with Gasteiger partial charge in [0.1, 0.15) is 0 Å². The molecule has 2 heterocycles. The summed E-state index contributed by atoms with van der Waals surface area (Å²) in [6, 6.07) is 14.1. The first-order chi connectivity index (χ1) is 11.2. The Morgan fingerprint density at radius 3 is 2.61 bits per heavy atom. The molecule has 1 aliphatic heterocycles. The summed E-state index contributed by atoms with van der Waals surface area (Å²) in [4.78, 5) is 20.6. The molecule has 0 bridgehead atoms. The van der Waals surface area contributed by atoms with Crippen LogP contribution >= 0.6 is 11.8 Å². The van der Waals surface area contributed by atoms with Gasteiger partial charge in [-0.15, -0.1) is 11.8 Å². The number of hydrogen-bond acceptors (Lipinski definition) is 5. The predicted molar refractivity (Wildman–Crippen MR) is 93.7 cm³/mol. The number of benzene rings is 1. The SMILES string of the molecule is COC(=O)CC1N=C(c2ccc(-c3ccccc3)nc2)SC1C. The minimum absolute atomic E-state index is 0.0313. The molecule has 0 saturated carbocycles. The molecule has 1 aromatic carbocycles. The number of carbonyl (C=O) groups excluding carboxylic acids is 1. The van der Waals surface area contributed by atoms with Crippen LogP contribution in [0.15, 0.2) is 53.7 Å². The maximum Gasteiger partial charge on any atom is 0.307 e. The number of esters is 1. The van der Waals surface area contributed by atoms with Crippen molar-refractivity contribution >= 4 is 22.8 Å². The molecule has 0 N–H and O–H groups in total. The Labute approximate surface area is 140 Å². The third-order valence-corrected chi connectivity index (χ3v) is 5.06. The molecule has 0 saturated heterocycles. The van der Waals surface area contributed by atoms with E-state index in [0.717, 1.165) is 21.9 Å². The highest BCUT2D eigenvalue weighted by Gasteiger charge is 2.29. The van der Waals surface area contributed by atoms with E-state index in [1.165, 1.54) is 7.11 Å². The van der Waals surface area contributed by atoms with Crippen LogP contribution in [0.5, 0.6) is 0 Å². The highest BCUT2D eigenvalue weighted by atomic mass is 32.2. The van der Waals surface area contributed by atoms with Crippen LogP contribution in [-0.4, -0.2) is 34.4 Å². The summed E-state index contributed by atoms with van der Waals surface area (Å²) in [6.07, 6.45) is 2.17. The Morgan fingerprint density at radius 1 is 1.17 bits per heavy atom. The van der Waals surface area contributed by atoms with Gasteiger partial charge in [-0.2, -0.15) is 0 Å². The molecule has 23 heavy (non-hydrogen) atoms. The fourth-order valence-corrected chi connectivity index (χ4v) is 3.57. The second-order valence-electron chi connectivity index (χ2n) is 5.40. The minimum atomic E-state index is -0.218. The number of methoxy groups -OCH3 is 1. The molecule has 2 unspecified atom stereocenters. The van der Waals surface area contributed by atoms with Crippen LogP contribution < -0.4 is 0 Å². The Balaban J connectivity index is 1.77. The second kappa shape index (κ2) is 6.96. The molecule has 5 heteroatoms. The van der Waals surface area contributed by atoms with Crippen LogP contribution in [-0.2, 0) is 9.53 Å². The number of aliphatic imine (C=N–C) groups is 1. The minimum Gasteiger partial charge on any atom is -0.469 e. The first kappa shape index (κ1) is 15.7. The van der Waals surface area contributed by atoms with Crippen molar-refractivity contribution in [3.63, 3.8) is 0 Å². The maximum atomic E-state index is 11.4. The number of rotatable bonds is 4. The fraction of sp³-hybridized carbons (Fsp3) is 0.278. The summed E-state index contributed by atoms with van der Waals surface area (Å²) < 4.78 is 4.74. The molecular formula is C18H18N2O2S. The van der Waals surface area contributed by atoms with Crippen molar-refractivity contribution in [3.8, 4) is 11.3 Å². The third kappa shape index (κ3) is 3.62. The number of aromatic nitrogens is 1. The molecule has 0 aliphatic carbocycles.